The van der Waals surface area contributed by atoms with Gasteiger partial charge in [-0.05, 0) is 55.2 Å². The van der Waals surface area contributed by atoms with Gasteiger partial charge in [0.1, 0.15) is 23.3 Å². The van der Waals surface area contributed by atoms with Crippen LogP contribution in [0.1, 0.15) is 56.1 Å². The van der Waals surface area contributed by atoms with Crippen molar-refractivity contribution < 1.29 is 8.78 Å². The summed E-state index contributed by atoms with van der Waals surface area (Å²) < 4.78 is 27.2. The van der Waals surface area contributed by atoms with Gasteiger partial charge in [0.2, 0.25) is 0 Å². The third-order valence-corrected chi connectivity index (χ3v) is 4.80. The Balaban J connectivity index is 1.82. The number of nitrogens with zero attached hydrogens (tertiary/aromatic N) is 1. The standard InChI is InChI=1S/C19H23F2N/c1-2-3-4-14-5-7-15(8-6-14)9-10-16-11-18(20)17(13-22)19(21)12-16/h2,11-12,14-15H,1,3-10H2. The van der Waals surface area contributed by atoms with Gasteiger partial charge in [0.15, 0.2) is 0 Å². The summed E-state index contributed by atoms with van der Waals surface area (Å²) in [5.41, 5.74) is 0.175. The summed E-state index contributed by atoms with van der Waals surface area (Å²) in [4.78, 5) is 0. The van der Waals surface area contributed by atoms with Crippen LogP contribution in [0.4, 0.5) is 8.78 Å². The maximum absolute atomic E-state index is 13.6. The lowest BCUT2D eigenvalue weighted by molar-refractivity contribution is 0.254. The highest BCUT2D eigenvalue weighted by Gasteiger charge is 2.20. The highest BCUT2D eigenvalue weighted by atomic mass is 19.1. The topological polar surface area (TPSA) is 23.8 Å². The summed E-state index contributed by atoms with van der Waals surface area (Å²) in [7, 11) is 0. The van der Waals surface area contributed by atoms with Crippen LogP contribution < -0.4 is 0 Å². The second-order valence-electron chi connectivity index (χ2n) is 6.34. The molecule has 1 aliphatic carbocycles. The van der Waals surface area contributed by atoms with E-state index in [0.29, 0.717) is 17.9 Å². The first-order chi connectivity index (χ1) is 10.6. The lowest BCUT2D eigenvalue weighted by atomic mass is 9.78. The van der Waals surface area contributed by atoms with Crippen LogP contribution in [0.25, 0.3) is 0 Å². The molecule has 1 aromatic carbocycles. The Hall–Kier alpha value is -1.69. The summed E-state index contributed by atoms with van der Waals surface area (Å²) >= 11 is 0. The molecule has 0 atom stereocenters. The lowest BCUT2D eigenvalue weighted by Crippen LogP contribution is -2.15. The van der Waals surface area contributed by atoms with E-state index < -0.39 is 17.2 Å². The van der Waals surface area contributed by atoms with Crippen LogP contribution in [0.2, 0.25) is 0 Å². The molecule has 0 aromatic heterocycles. The normalized spacial score (nSPS) is 21.3. The maximum Gasteiger partial charge on any atom is 0.144 e. The van der Waals surface area contributed by atoms with Crippen molar-refractivity contribution in [3.05, 3.63) is 47.5 Å². The predicted molar refractivity (Wildman–Crippen MR) is 84.3 cm³/mol. The summed E-state index contributed by atoms with van der Waals surface area (Å²) in [6.07, 6.45) is 10.9. The van der Waals surface area contributed by atoms with Crippen molar-refractivity contribution in [2.45, 2.75) is 51.4 Å². The molecule has 0 aliphatic heterocycles. The van der Waals surface area contributed by atoms with E-state index in [1.165, 1.54) is 44.2 Å². The molecule has 1 fully saturated rings. The van der Waals surface area contributed by atoms with Crippen molar-refractivity contribution in [3.8, 4) is 6.07 Å². The minimum Gasteiger partial charge on any atom is -0.205 e. The molecule has 1 aromatic rings. The smallest absolute Gasteiger partial charge is 0.144 e. The molecule has 0 radical (unpaired) electrons. The molecule has 0 heterocycles. The Labute approximate surface area is 131 Å². The largest absolute Gasteiger partial charge is 0.205 e. The van der Waals surface area contributed by atoms with Crippen LogP contribution in [0.15, 0.2) is 24.8 Å². The molecule has 1 nitrogen and oxygen atoms in total. The first-order valence-electron chi connectivity index (χ1n) is 8.13. The van der Waals surface area contributed by atoms with E-state index in [1.54, 1.807) is 6.07 Å². The summed E-state index contributed by atoms with van der Waals surface area (Å²) in [5, 5.41) is 8.67. The lowest BCUT2D eigenvalue weighted by Gasteiger charge is -2.28. The minimum atomic E-state index is -0.745. The van der Waals surface area contributed by atoms with Crippen LogP contribution >= 0.6 is 0 Å². The number of benzene rings is 1. The Morgan fingerprint density at radius 1 is 1.09 bits per heavy atom. The van der Waals surface area contributed by atoms with Gasteiger partial charge < -0.3 is 0 Å². The molecule has 1 saturated carbocycles. The van der Waals surface area contributed by atoms with Crippen LogP contribution in [0, 0.1) is 34.8 Å². The molecular weight excluding hydrogens is 280 g/mol. The monoisotopic (exact) mass is 303 g/mol. The van der Waals surface area contributed by atoms with Gasteiger partial charge in [-0.3, -0.25) is 0 Å². The highest BCUT2D eigenvalue weighted by molar-refractivity contribution is 5.35. The second kappa shape index (κ2) is 8.08. The van der Waals surface area contributed by atoms with E-state index in [0.717, 1.165) is 18.8 Å². The van der Waals surface area contributed by atoms with E-state index >= 15 is 0 Å². The summed E-state index contributed by atoms with van der Waals surface area (Å²) in [6.45, 7) is 3.77. The third kappa shape index (κ3) is 4.40. The highest BCUT2D eigenvalue weighted by Crippen LogP contribution is 2.34. The van der Waals surface area contributed by atoms with E-state index in [9.17, 15) is 8.78 Å². The number of nitriles is 1. The summed E-state index contributed by atoms with van der Waals surface area (Å²) in [6, 6.07) is 4.17. The molecule has 1 aliphatic rings. The molecule has 0 amide bonds. The molecular formula is C19H23F2N. The summed E-state index contributed by atoms with van der Waals surface area (Å²) in [5.74, 6) is -0.0166. The average Bonchev–Trinajstić information content (AvgIpc) is 2.51. The Morgan fingerprint density at radius 3 is 2.14 bits per heavy atom. The Bertz CT molecular complexity index is 528. The van der Waals surface area contributed by atoms with E-state index in [2.05, 4.69) is 6.58 Å². The van der Waals surface area contributed by atoms with E-state index in [4.69, 9.17) is 5.26 Å². The SMILES string of the molecule is C=CCCC1CCC(CCc2cc(F)c(C#N)c(F)c2)CC1. The van der Waals surface area contributed by atoms with Gasteiger partial charge in [0, 0.05) is 0 Å². The van der Waals surface area contributed by atoms with Crippen molar-refractivity contribution in [3.63, 3.8) is 0 Å². The second-order valence-corrected chi connectivity index (χ2v) is 6.34. The fourth-order valence-corrected chi connectivity index (χ4v) is 3.41. The van der Waals surface area contributed by atoms with Gasteiger partial charge in [-0.15, -0.1) is 6.58 Å². The molecule has 22 heavy (non-hydrogen) atoms. The molecule has 3 heteroatoms. The van der Waals surface area contributed by atoms with Gasteiger partial charge in [0.25, 0.3) is 0 Å². The Morgan fingerprint density at radius 2 is 1.64 bits per heavy atom. The zero-order valence-electron chi connectivity index (χ0n) is 13.0. The first kappa shape index (κ1) is 16.7. The quantitative estimate of drug-likeness (QED) is 0.633. The van der Waals surface area contributed by atoms with E-state index in [1.807, 2.05) is 6.08 Å². The zero-order valence-corrected chi connectivity index (χ0v) is 13.0. The first-order valence-corrected chi connectivity index (χ1v) is 8.13. The fourth-order valence-electron chi connectivity index (χ4n) is 3.41. The van der Waals surface area contributed by atoms with E-state index in [-0.39, 0.29) is 0 Å². The Kier molecular flexibility index (Phi) is 6.12. The van der Waals surface area contributed by atoms with Crippen molar-refractivity contribution >= 4 is 0 Å². The van der Waals surface area contributed by atoms with Gasteiger partial charge in [-0.25, -0.2) is 8.78 Å². The number of allylic oxidation sites excluding steroid dienone is 1. The van der Waals surface area contributed by atoms with Gasteiger partial charge >= 0.3 is 0 Å². The molecule has 0 spiro atoms. The van der Waals surface area contributed by atoms with Crippen molar-refractivity contribution in [1.82, 2.24) is 0 Å². The number of hydrogen-bond acceptors (Lipinski definition) is 1. The van der Waals surface area contributed by atoms with Crippen molar-refractivity contribution in [2.24, 2.45) is 11.8 Å². The van der Waals surface area contributed by atoms with Crippen molar-refractivity contribution in [2.75, 3.05) is 0 Å². The minimum absolute atomic E-state index is 0.480. The molecule has 2 rings (SSSR count). The molecule has 0 unspecified atom stereocenters. The molecule has 0 N–H and O–H groups in total. The van der Waals surface area contributed by atoms with Crippen LogP contribution in [0.3, 0.4) is 0 Å². The predicted octanol–water partition coefficient (Wildman–Crippen LogP) is 5.54. The zero-order chi connectivity index (χ0) is 15.9. The van der Waals surface area contributed by atoms with Crippen LogP contribution in [-0.4, -0.2) is 0 Å². The number of aryl methyl sites for hydroxylation is 1. The van der Waals surface area contributed by atoms with Gasteiger partial charge in [-0.1, -0.05) is 31.8 Å². The number of hydrogen-bond donors (Lipinski definition) is 0. The van der Waals surface area contributed by atoms with Crippen LogP contribution in [-0.2, 0) is 6.42 Å². The number of rotatable bonds is 6. The van der Waals surface area contributed by atoms with Gasteiger partial charge in [0.05, 0.1) is 0 Å². The third-order valence-electron chi connectivity index (χ3n) is 4.80. The number of halogens is 2. The molecule has 118 valence electrons. The molecule has 0 saturated heterocycles. The van der Waals surface area contributed by atoms with Gasteiger partial charge in [-0.2, -0.15) is 5.26 Å². The fraction of sp³-hybridized carbons (Fsp3) is 0.526. The van der Waals surface area contributed by atoms with Crippen LogP contribution in [0.5, 0.6) is 0 Å². The average molecular weight is 303 g/mol. The van der Waals surface area contributed by atoms with Crippen molar-refractivity contribution in [1.29, 1.82) is 5.26 Å². The molecule has 0 bridgehead atoms. The maximum atomic E-state index is 13.6.